The molecule has 26 heavy (non-hydrogen) atoms. The average Bonchev–Trinajstić information content (AvgIpc) is 2.61. The van der Waals surface area contributed by atoms with Crippen molar-refractivity contribution in [2.75, 3.05) is 17.7 Å². The van der Waals surface area contributed by atoms with E-state index in [0.717, 1.165) is 17.8 Å². The number of carbonyl (C=O) groups excluding carboxylic acids is 3. The van der Waals surface area contributed by atoms with Gasteiger partial charge in [0.05, 0.1) is 16.7 Å². The molecule has 0 saturated heterocycles. The number of carboxylic acid groups (broad SMARTS) is 1. The lowest BCUT2D eigenvalue weighted by molar-refractivity contribution is -0.120. The summed E-state index contributed by atoms with van der Waals surface area (Å²) in [7, 11) is 1.72. The molecule has 0 atom stereocenters. The first kappa shape index (κ1) is 18.7. The van der Waals surface area contributed by atoms with Crippen LogP contribution in [0.2, 0.25) is 0 Å². The van der Waals surface area contributed by atoms with Crippen molar-refractivity contribution in [2.24, 2.45) is 0 Å². The van der Waals surface area contributed by atoms with Crippen LogP contribution in [0.4, 0.5) is 11.4 Å². The maximum absolute atomic E-state index is 12.6. The predicted molar refractivity (Wildman–Crippen MR) is 94.0 cm³/mol. The van der Waals surface area contributed by atoms with Crippen molar-refractivity contribution in [2.45, 2.75) is 6.92 Å². The Kier molecular flexibility index (Phi) is 5.69. The minimum Gasteiger partial charge on any atom is -0.478 e. The molecule has 0 spiro atoms. The van der Waals surface area contributed by atoms with E-state index in [2.05, 4.69) is 15.4 Å². The Morgan fingerprint density at radius 1 is 1.04 bits per heavy atom. The number of hydrogen-bond donors (Lipinski definition) is 3. The van der Waals surface area contributed by atoms with Crippen LogP contribution in [0.5, 0.6) is 5.75 Å². The number of carboxylic acids is 1. The number of nitrogens with one attached hydrogen (secondary N) is 2. The average molecular weight is 356 g/mol. The van der Waals surface area contributed by atoms with Crippen molar-refractivity contribution in [3.05, 3.63) is 53.1 Å². The summed E-state index contributed by atoms with van der Waals surface area (Å²) in [5.74, 6) is -2.82. The van der Waals surface area contributed by atoms with E-state index in [9.17, 15) is 24.3 Å². The molecule has 0 heterocycles. The fourth-order valence-electron chi connectivity index (χ4n) is 2.32. The van der Waals surface area contributed by atoms with E-state index in [4.69, 9.17) is 0 Å². The van der Waals surface area contributed by atoms with Gasteiger partial charge in [0.15, 0.2) is 5.78 Å². The van der Waals surface area contributed by atoms with Crippen LogP contribution in [-0.4, -0.2) is 36.3 Å². The highest BCUT2D eigenvalue weighted by atomic mass is 16.5. The maximum Gasteiger partial charge on any atom is 0.336 e. The van der Waals surface area contributed by atoms with Gasteiger partial charge in [-0.2, -0.15) is 0 Å². The molecule has 0 bridgehead atoms. The summed E-state index contributed by atoms with van der Waals surface area (Å²) >= 11 is 0. The van der Waals surface area contributed by atoms with Gasteiger partial charge in [-0.3, -0.25) is 14.4 Å². The molecule has 0 aromatic heterocycles. The molecule has 2 rings (SSSR count). The molecular weight excluding hydrogens is 340 g/mol. The van der Waals surface area contributed by atoms with Crippen LogP contribution in [0.3, 0.4) is 0 Å². The lowest BCUT2D eigenvalue weighted by Crippen LogP contribution is -2.18. The maximum atomic E-state index is 12.6. The molecule has 0 aliphatic heterocycles. The molecule has 8 nitrogen and oxygen atoms in total. The van der Waals surface area contributed by atoms with E-state index in [0.29, 0.717) is 5.69 Å². The number of ketones is 1. The quantitative estimate of drug-likeness (QED) is 0.514. The number of benzene rings is 2. The van der Waals surface area contributed by atoms with Crippen LogP contribution < -0.4 is 15.4 Å². The number of hydrogen-bond acceptors (Lipinski definition) is 6. The van der Waals surface area contributed by atoms with Crippen LogP contribution in [0, 0.1) is 0 Å². The Morgan fingerprint density at radius 3 is 2.31 bits per heavy atom. The van der Waals surface area contributed by atoms with Gasteiger partial charge in [-0.25, -0.2) is 4.79 Å². The Labute approximate surface area is 148 Å². The van der Waals surface area contributed by atoms with Gasteiger partial charge < -0.3 is 20.5 Å². The molecule has 0 radical (unpaired) electrons. The largest absolute Gasteiger partial charge is 0.478 e. The second kappa shape index (κ2) is 7.93. The minimum absolute atomic E-state index is 0.0729. The summed E-state index contributed by atoms with van der Waals surface area (Å²) in [4.78, 5) is 46.4. The first-order valence-corrected chi connectivity index (χ1v) is 7.49. The third kappa shape index (κ3) is 4.04. The monoisotopic (exact) mass is 356 g/mol. The summed E-state index contributed by atoms with van der Waals surface area (Å²) in [6.45, 7) is 1.29. The molecule has 0 aliphatic rings. The van der Waals surface area contributed by atoms with Crippen molar-refractivity contribution in [1.82, 2.24) is 0 Å². The first-order valence-electron chi connectivity index (χ1n) is 7.49. The van der Waals surface area contributed by atoms with E-state index in [1.165, 1.54) is 6.92 Å². The Bertz CT molecular complexity index is 891. The van der Waals surface area contributed by atoms with Crippen LogP contribution in [0.1, 0.15) is 38.0 Å². The third-order valence-electron chi connectivity index (χ3n) is 3.56. The van der Waals surface area contributed by atoms with E-state index in [1.54, 1.807) is 31.3 Å². The number of ether oxygens (including phenoxy) is 1. The lowest BCUT2D eigenvalue weighted by atomic mass is 10.00. The molecule has 3 N–H and O–H groups in total. The molecule has 134 valence electrons. The summed E-state index contributed by atoms with van der Waals surface area (Å²) in [5, 5.41) is 14.9. The van der Waals surface area contributed by atoms with Crippen LogP contribution in [0.25, 0.3) is 0 Å². The van der Waals surface area contributed by atoms with E-state index in [1.807, 2.05) is 0 Å². The SMILES string of the molecule is CNc1cccc(NC(=O)c2cc(C(C)=O)c(OC=O)cc2C(=O)O)c1. The van der Waals surface area contributed by atoms with Crippen molar-refractivity contribution >= 4 is 35.5 Å². The van der Waals surface area contributed by atoms with Gasteiger partial charge >= 0.3 is 5.97 Å². The first-order chi connectivity index (χ1) is 12.4. The second-order valence-electron chi connectivity index (χ2n) is 5.25. The summed E-state index contributed by atoms with van der Waals surface area (Å²) in [6, 6.07) is 8.87. The lowest BCUT2D eigenvalue weighted by Gasteiger charge is -2.12. The standard InChI is InChI=1S/C18H16N2O6/c1-10(22)13-7-14(15(18(24)25)8-16(13)26-9-21)17(23)20-12-5-3-4-11(6-12)19-2/h3-9,19H,1-2H3,(H,20,23)(H,24,25). The molecular formula is C18H16N2O6. The molecule has 0 unspecified atom stereocenters. The van der Waals surface area contributed by atoms with Crippen molar-refractivity contribution in [3.8, 4) is 5.75 Å². The molecule has 2 aromatic rings. The zero-order valence-corrected chi connectivity index (χ0v) is 14.0. The highest BCUT2D eigenvalue weighted by molar-refractivity contribution is 6.13. The summed E-state index contributed by atoms with van der Waals surface area (Å²) in [6.07, 6.45) is 0. The van der Waals surface area contributed by atoms with Crippen LogP contribution >= 0.6 is 0 Å². The topological polar surface area (TPSA) is 122 Å². The van der Waals surface area contributed by atoms with Crippen molar-refractivity contribution < 1.29 is 29.0 Å². The molecule has 8 heteroatoms. The normalized spacial score (nSPS) is 9.92. The van der Waals surface area contributed by atoms with E-state index < -0.39 is 23.2 Å². The molecule has 0 aliphatic carbocycles. The van der Waals surface area contributed by atoms with Crippen LogP contribution in [0.15, 0.2) is 36.4 Å². The smallest absolute Gasteiger partial charge is 0.336 e. The van der Waals surface area contributed by atoms with Gasteiger partial charge in [0, 0.05) is 18.4 Å². The van der Waals surface area contributed by atoms with Gasteiger partial charge in [-0.15, -0.1) is 0 Å². The number of amides is 1. The number of aromatic carboxylic acids is 1. The van der Waals surface area contributed by atoms with Gasteiger partial charge in [0.2, 0.25) is 0 Å². The number of carbonyl (C=O) groups is 4. The zero-order valence-electron chi connectivity index (χ0n) is 14.0. The highest BCUT2D eigenvalue weighted by Crippen LogP contribution is 2.26. The summed E-state index contributed by atoms with van der Waals surface area (Å²) in [5.41, 5.74) is 0.498. The molecule has 1 amide bonds. The van der Waals surface area contributed by atoms with Gasteiger partial charge in [-0.1, -0.05) is 6.07 Å². The van der Waals surface area contributed by atoms with Crippen molar-refractivity contribution in [1.29, 1.82) is 0 Å². The predicted octanol–water partition coefficient (Wildman–Crippen LogP) is 2.42. The highest BCUT2D eigenvalue weighted by Gasteiger charge is 2.22. The Morgan fingerprint density at radius 2 is 1.73 bits per heavy atom. The second-order valence-corrected chi connectivity index (χ2v) is 5.25. The fraction of sp³-hybridized carbons (Fsp3) is 0.111. The summed E-state index contributed by atoms with van der Waals surface area (Å²) < 4.78 is 4.67. The Balaban J connectivity index is 2.49. The third-order valence-corrected chi connectivity index (χ3v) is 3.56. The van der Waals surface area contributed by atoms with Gasteiger partial charge in [0.1, 0.15) is 5.75 Å². The van der Waals surface area contributed by atoms with Crippen LogP contribution in [-0.2, 0) is 4.79 Å². The number of anilines is 2. The number of rotatable bonds is 7. The zero-order chi connectivity index (χ0) is 19.3. The molecule has 2 aromatic carbocycles. The minimum atomic E-state index is -1.40. The van der Waals surface area contributed by atoms with Gasteiger partial charge in [0.25, 0.3) is 12.4 Å². The Hall–Kier alpha value is -3.68. The van der Waals surface area contributed by atoms with Gasteiger partial charge in [-0.05, 0) is 37.3 Å². The van der Waals surface area contributed by atoms with Crippen molar-refractivity contribution in [3.63, 3.8) is 0 Å². The fourth-order valence-corrected chi connectivity index (χ4v) is 2.32. The number of Topliss-reactive ketones (excluding diaryl/α,β-unsaturated/α-hetero) is 1. The molecule has 0 fully saturated rings. The van der Waals surface area contributed by atoms with E-state index in [-0.39, 0.29) is 23.3 Å². The van der Waals surface area contributed by atoms with E-state index >= 15 is 0 Å². The molecule has 0 saturated carbocycles.